The number of carbonyl (C=O) groups excluding carboxylic acids is 1. The van der Waals surface area contributed by atoms with E-state index in [0.717, 1.165) is 74.1 Å². The monoisotopic (exact) mass is 661 g/mol. The number of amides is 1. The predicted molar refractivity (Wildman–Crippen MR) is 183 cm³/mol. The zero-order valence-corrected chi connectivity index (χ0v) is 27.9. The Morgan fingerprint density at radius 2 is 1.65 bits per heavy atom. The normalized spacial score (nSPS) is 17.0. The lowest BCUT2D eigenvalue weighted by Crippen LogP contribution is -2.37. The molecule has 0 spiro atoms. The molecule has 1 saturated carbocycles. The Hall–Kier alpha value is -3.81. The van der Waals surface area contributed by atoms with Gasteiger partial charge in [-0.3, -0.25) is 4.79 Å². The van der Waals surface area contributed by atoms with Crippen molar-refractivity contribution in [3.8, 4) is 22.8 Å². The van der Waals surface area contributed by atoms with Gasteiger partial charge in [0.25, 0.3) is 0 Å². The number of aryl methyl sites for hydroxylation is 1. The summed E-state index contributed by atoms with van der Waals surface area (Å²) in [6.45, 7) is 5.15. The number of hydrogen-bond acceptors (Lipinski definition) is 4. The van der Waals surface area contributed by atoms with E-state index in [2.05, 4.69) is 23.7 Å². The number of imidazole rings is 1. The maximum absolute atomic E-state index is 13.7. The lowest BCUT2D eigenvalue weighted by molar-refractivity contribution is -0.127. The minimum absolute atomic E-state index is 0.00201. The molecule has 0 bridgehead atoms. The van der Waals surface area contributed by atoms with Crippen LogP contribution >= 0.6 is 23.2 Å². The minimum atomic E-state index is -0.982. The average Bonchev–Trinajstić information content (AvgIpc) is 3.48. The van der Waals surface area contributed by atoms with E-state index in [1.165, 1.54) is 12.1 Å². The molecule has 5 rings (SSSR count). The molecule has 46 heavy (non-hydrogen) atoms. The number of nitrogens with one attached hydrogen (secondary N) is 1. The van der Waals surface area contributed by atoms with E-state index in [1.807, 2.05) is 42.6 Å². The number of aromatic nitrogens is 2. The molecule has 0 aliphatic heterocycles. The first-order valence-electron chi connectivity index (χ1n) is 16.2. The van der Waals surface area contributed by atoms with Crippen molar-refractivity contribution in [1.29, 1.82) is 0 Å². The molecule has 1 aliphatic carbocycles. The van der Waals surface area contributed by atoms with Crippen LogP contribution in [0, 0.1) is 11.8 Å². The van der Waals surface area contributed by atoms with Crippen molar-refractivity contribution in [1.82, 2.24) is 14.9 Å². The van der Waals surface area contributed by atoms with Crippen LogP contribution in [0.25, 0.3) is 11.3 Å². The summed E-state index contributed by atoms with van der Waals surface area (Å²) < 4.78 is 8.11. The van der Waals surface area contributed by atoms with Gasteiger partial charge in [-0.2, -0.15) is 0 Å². The lowest BCUT2D eigenvalue weighted by atomic mass is 9.80. The molecule has 1 heterocycles. The number of carboxylic acid groups (broad SMARTS) is 1. The largest absolute Gasteiger partial charge is 0.478 e. The Morgan fingerprint density at radius 1 is 0.978 bits per heavy atom. The third kappa shape index (κ3) is 8.51. The molecule has 1 aromatic heterocycles. The number of carboxylic acids is 1. The van der Waals surface area contributed by atoms with Crippen LogP contribution in [0.4, 0.5) is 0 Å². The molecule has 242 valence electrons. The minimum Gasteiger partial charge on any atom is -0.478 e. The Bertz CT molecular complexity index is 1630. The zero-order valence-electron chi connectivity index (χ0n) is 26.3. The van der Waals surface area contributed by atoms with Crippen molar-refractivity contribution in [3.63, 3.8) is 0 Å². The highest BCUT2D eigenvalue weighted by Gasteiger charge is 2.29. The molecule has 1 amide bonds. The van der Waals surface area contributed by atoms with Crippen LogP contribution in [0.1, 0.15) is 86.6 Å². The van der Waals surface area contributed by atoms with Gasteiger partial charge in [0.05, 0.1) is 22.3 Å². The number of benzene rings is 3. The third-order valence-electron chi connectivity index (χ3n) is 8.89. The van der Waals surface area contributed by atoms with Crippen LogP contribution in [-0.4, -0.2) is 26.5 Å². The van der Waals surface area contributed by atoms with Gasteiger partial charge in [-0.25, -0.2) is 9.78 Å². The fourth-order valence-corrected chi connectivity index (χ4v) is 6.61. The van der Waals surface area contributed by atoms with E-state index in [4.69, 9.17) is 38.0 Å². The van der Waals surface area contributed by atoms with Gasteiger partial charge in [0, 0.05) is 29.2 Å². The molecule has 3 aromatic carbocycles. The second-order valence-corrected chi connectivity index (χ2v) is 13.0. The average molecular weight is 663 g/mol. The molecular formula is C37H41Cl2N3O4. The topological polar surface area (TPSA) is 93.5 Å². The number of nitrogens with zero attached hydrogens (tertiary/aromatic N) is 2. The van der Waals surface area contributed by atoms with Crippen molar-refractivity contribution in [3.05, 3.63) is 99.9 Å². The lowest BCUT2D eigenvalue weighted by Gasteiger charge is -2.29. The van der Waals surface area contributed by atoms with E-state index in [9.17, 15) is 9.59 Å². The summed E-state index contributed by atoms with van der Waals surface area (Å²) in [7, 11) is 0. The molecule has 0 unspecified atom stereocenters. The van der Waals surface area contributed by atoms with Crippen molar-refractivity contribution in [2.24, 2.45) is 11.8 Å². The first-order chi connectivity index (χ1) is 22.2. The van der Waals surface area contributed by atoms with Gasteiger partial charge in [0.1, 0.15) is 17.3 Å². The number of unbranched alkanes of at least 4 members (excludes halogenated alkanes) is 1. The van der Waals surface area contributed by atoms with Gasteiger partial charge in [0.2, 0.25) is 5.91 Å². The summed E-state index contributed by atoms with van der Waals surface area (Å²) in [4.78, 5) is 30.0. The molecule has 0 radical (unpaired) electrons. The maximum Gasteiger partial charge on any atom is 0.335 e. The summed E-state index contributed by atoms with van der Waals surface area (Å²) in [6.07, 6.45) is 9.71. The first-order valence-corrected chi connectivity index (χ1v) is 16.9. The van der Waals surface area contributed by atoms with Crippen molar-refractivity contribution < 1.29 is 19.4 Å². The fourth-order valence-electron chi connectivity index (χ4n) is 6.10. The summed E-state index contributed by atoms with van der Waals surface area (Å²) in [5.74, 6) is 1.78. The Morgan fingerprint density at radius 3 is 2.26 bits per heavy atom. The summed E-state index contributed by atoms with van der Waals surface area (Å²) >= 11 is 12.8. The van der Waals surface area contributed by atoms with E-state index >= 15 is 0 Å². The zero-order chi connectivity index (χ0) is 32.6. The van der Waals surface area contributed by atoms with Crippen LogP contribution in [-0.2, 0) is 17.8 Å². The second-order valence-electron chi connectivity index (χ2n) is 12.1. The van der Waals surface area contributed by atoms with Gasteiger partial charge in [0.15, 0.2) is 0 Å². The smallest absolute Gasteiger partial charge is 0.335 e. The fraction of sp³-hybridized carbons (Fsp3) is 0.378. The SMILES string of the molecule is CCCCn1cc(-c2ccc(Cl)cc2Cl)nc1[C@H](Cc1ccc(Oc2ccc(C(=O)O)cc2)cc1)NC(=O)C1CCC(CC)CC1. The summed E-state index contributed by atoms with van der Waals surface area (Å²) in [5, 5.41) is 13.7. The van der Waals surface area contributed by atoms with Crippen LogP contribution in [0.5, 0.6) is 11.5 Å². The number of halogens is 2. The molecule has 1 fully saturated rings. The molecule has 1 atom stereocenters. The van der Waals surface area contributed by atoms with Crippen LogP contribution in [0.15, 0.2) is 72.9 Å². The van der Waals surface area contributed by atoms with Crippen molar-refractivity contribution in [2.45, 2.75) is 77.8 Å². The van der Waals surface area contributed by atoms with Crippen molar-refractivity contribution >= 4 is 35.1 Å². The molecule has 2 N–H and O–H groups in total. The number of rotatable bonds is 13. The summed E-state index contributed by atoms with van der Waals surface area (Å²) in [5.41, 5.74) is 2.76. The first kappa shape index (κ1) is 33.6. The van der Waals surface area contributed by atoms with E-state index in [-0.39, 0.29) is 23.4 Å². The number of hydrogen-bond donors (Lipinski definition) is 2. The molecule has 9 heteroatoms. The summed E-state index contributed by atoms with van der Waals surface area (Å²) in [6, 6.07) is 19.1. The van der Waals surface area contributed by atoms with Gasteiger partial charge in [-0.05, 0) is 105 Å². The predicted octanol–water partition coefficient (Wildman–Crippen LogP) is 9.76. The molecule has 0 saturated heterocycles. The van der Waals surface area contributed by atoms with E-state index < -0.39 is 5.97 Å². The second kappa shape index (κ2) is 15.7. The van der Waals surface area contributed by atoms with E-state index in [1.54, 1.807) is 18.2 Å². The Kier molecular flexibility index (Phi) is 11.4. The number of ether oxygens (including phenoxy) is 1. The Labute approximate surface area is 280 Å². The van der Waals surface area contributed by atoms with Crippen LogP contribution < -0.4 is 10.1 Å². The maximum atomic E-state index is 13.7. The van der Waals surface area contributed by atoms with Gasteiger partial charge < -0.3 is 19.7 Å². The van der Waals surface area contributed by atoms with Crippen LogP contribution in [0.3, 0.4) is 0 Å². The molecule has 4 aromatic rings. The standard InChI is InChI=1S/C37H41Cl2N3O4/c1-3-5-20-42-23-34(31-19-14-28(38)22-32(31)39)40-35(42)33(41-36(43)26-10-6-24(4-2)7-11-26)21-25-8-15-29(16-9-25)46-30-17-12-27(13-18-30)37(44)45/h8-9,12-19,22-24,26,33H,3-7,10-11,20-21H2,1-2H3,(H,41,43)(H,44,45)/t24?,26?,33-/m0/s1. The highest BCUT2D eigenvalue weighted by molar-refractivity contribution is 6.36. The molecule has 7 nitrogen and oxygen atoms in total. The van der Waals surface area contributed by atoms with Gasteiger partial charge in [-0.1, -0.05) is 62.0 Å². The number of aromatic carboxylic acids is 1. The third-order valence-corrected chi connectivity index (χ3v) is 9.44. The quantitative estimate of drug-likeness (QED) is 0.149. The molecular weight excluding hydrogens is 621 g/mol. The van der Waals surface area contributed by atoms with Gasteiger partial charge >= 0.3 is 5.97 Å². The highest BCUT2D eigenvalue weighted by atomic mass is 35.5. The molecule has 1 aliphatic rings. The Balaban J connectivity index is 1.42. The number of carbonyl (C=O) groups is 2. The highest BCUT2D eigenvalue weighted by Crippen LogP contribution is 2.34. The van der Waals surface area contributed by atoms with E-state index in [0.29, 0.717) is 33.9 Å². The van der Waals surface area contributed by atoms with Gasteiger partial charge in [-0.15, -0.1) is 0 Å². The van der Waals surface area contributed by atoms with Crippen molar-refractivity contribution in [2.75, 3.05) is 0 Å². The van der Waals surface area contributed by atoms with Crippen LogP contribution in [0.2, 0.25) is 10.0 Å².